The summed E-state index contributed by atoms with van der Waals surface area (Å²) in [6, 6.07) is 1.69. The van der Waals surface area contributed by atoms with E-state index in [1.807, 2.05) is 0 Å². The standard InChI is InChI=1S/C8H6N4O/c13-5-7-6(1-2-11-12-7)8-9-3-4-10-8/h1-5H,(H,9,10). The molecule has 0 saturated carbocycles. The van der Waals surface area contributed by atoms with Crippen LogP contribution in [0.3, 0.4) is 0 Å². The Bertz CT molecular complexity index is 410. The lowest BCUT2D eigenvalue weighted by molar-refractivity contribution is 0.111. The molecule has 0 spiro atoms. The van der Waals surface area contributed by atoms with Crippen LogP contribution in [0.25, 0.3) is 11.4 Å². The van der Waals surface area contributed by atoms with E-state index in [-0.39, 0.29) is 5.69 Å². The Morgan fingerprint density at radius 3 is 3.00 bits per heavy atom. The van der Waals surface area contributed by atoms with Gasteiger partial charge in [0, 0.05) is 18.0 Å². The van der Waals surface area contributed by atoms with Gasteiger partial charge in [-0.05, 0) is 6.07 Å². The maximum atomic E-state index is 10.6. The topological polar surface area (TPSA) is 71.5 Å². The summed E-state index contributed by atoms with van der Waals surface area (Å²) in [5.41, 5.74) is 0.951. The Labute approximate surface area is 73.9 Å². The van der Waals surface area contributed by atoms with Crippen molar-refractivity contribution in [1.29, 1.82) is 0 Å². The number of nitrogens with one attached hydrogen (secondary N) is 1. The molecule has 0 aliphatic carbocycles. The van der Waals surface area contributed by atoms with Crippen LogP contribution in [0.4, 0.5) is 0 Å². The van der Waals surface area contributed by atoms with Crippen LogP contribution in [-0.2, 0) is 0 Å². The number of nitrogens with zero attached hydrogens (tertiary/aromatic N) is 3. The first-order valence-corrected chi connectivity index (χ1v) is 3.68. The molecule has 2 rings (SSSR count). The van der Waals surface area contributed by atoms with Crippen LogP contribution in [0.1, 0.15) is 10.5 Å². The van der Waals surface area contributed by atoms with Crippen molar-refractivity contribution in [2.45, 2.75) is 0 Å². The molecule has 2 heterocycles. The molecule has 2 aromatic heterocycles. The molecular formula is C8H6N4O. The van der Waals surface area contributed by atoms with Gasteiger partial charge in [-0.3, -0.25) is 4.79 Å². The van der Waals surface area contributed by atoms with Gasteiger partial charge in [0.05, 0.1) is 6.20 Å². The Hall–Kier alpha value is -2.04. The number of carbonyl (C=O) groups excluding carboxylic acids is 1. The highest BCUT2D eigenvalue weighted by atomic mass is 16.1. The molecular weight excluding hydrogens is 168 g/mol. The van der Waals surface area contributed by atoms with Crippen LogP contribution in [0.15, 0.2) is 24.7 Å². The zero-order chi connectivity index (χ0) is 9.10. The van der Waals surface area contributed by atoms with Crippen LogP contribution < -0.4 is 0 Å². The molecule has 0 radical (unpaired) electrons. The third kappa shape index (κ3) is 1.31. The summed E-state index contributed by atoms with van der Waals surface area (Å²) in [6.07, 6.45) is 5.48. The van der Waals surface area contributed by atoms with Crippen molar-refractivity contribution in [3.8, 4) is 11.4 Å². The van der Waals surface area contributed by atoms with E-state index >= 15 is 0 Å². The first-order valence-electron chi connectivity index (χ1n) is 3.68. The normalized spacial score (nSPS) is 9.85. The van der Waals surface area contributed by atoms with Gasteiger partial charge in [-0.15, -0.1) is 5.10 Å². The fourth-order valence-electron chi connectivity index (χ4n) is 1.04. The van der Waals surface area contributed by atoms with E-state index < -0.39 is 0 Å². The highest BCUT2D eigenvalue weighted by molar-refractivity contribution is 5.82. The van der Waals surface area contributed by atoms with Gasteiger partial charge in [-0.1, -0.05) is 0 Å². The van der Waals surface area contributed by atoms with Crippen LogP contribution in [0, 0.1) is 0 Å². The predicted octanol–water partition coefficient (Wildman–Crippen LogP) is 0.679. The van der Waals surface area contributed by atoms with Gasteiger partial charge in [0.1, 0.15) is 11.5 Å². The number of aldehydes is 1. The minimum absolute atomic E-state index is 0.289. The number of rotatable bonds is 2. The molecule has 0 saturated heterocycles. The molecule has 1 N–H and O–H groups in total. The van der Waals surface area contributed by atoms with Gasteiger partial charge in [-0.25, -0.2) is 4.98 Å². The molecule has 5 heteroatoms. The van der Waals surface area contributed by atoms with Gasteiger partial charge in [0.15, 0.2) is 6.29 Å². The summed E-state index contributed by atoms with van der Waals surface area (Å²) in [4.78, 5) is 17.5. The third-order valence-corrected chi connectivity index (χ3v) is 1.61. The average Bonchev–Trinajstić information content (AvgIpc) is 2.70. The maximum absolute atomic E-state index is 10.6. The van der Waals surface area contributed by atoms with Crippen molar-refractivity contribution in [1.82, 2.24) is 20.2 Å². The molecule has 0 atom stereocenters. The summed E-state index contributed by atoms with van der Waals surface area (Å²) < 4.78 is 0. The monoisotopic (exact) mass is 174 g/mol. The molecule has 0 aliphatic heterocycles. The molecule has 5 nitrogen and oxygen atoms in total. The van der Waals surface area contributed by atoms with Gasteiger partial charge in [0.2, 0.25) is 0 Å². The summed E-state index contributed by atoms with van der Waals surface area (Å²) in [5.74, 6) is 0.622. The van der Waals surface area contributed by atoms with E-state index in [0.717, 1.165) is 0 Å². The lowest BCUT2D eigenvalue weighted by Gasteiger charge is -1.96. The van der Waals surface area contributed by atoms with Crippen molar-refractivity contribution < 1.29 is 4.79 Å². The van der Waals surface area contributed by atoms with Gasteiger partial charge in [-0.2, -0.15) is 5.10 Å². The molecule has 64 valence electrons. The highest BCUT2D eigenvalue weighted by Gasteiger charge is 2.06. The van der Waals surface area contributed by atoms with Crippen molar-refractivity contribution in [3.63, 3.8) is 0 Å². The number of imidazole rings is 1. The van der Waals surface area contributed by atoms with Crippen LogP contribution in [0.5, 0.6) is 0 Å². The van der Waals surface area contributed by atoms with E-state index in [9.17, 15) is 4.79 Å². The average molecular weight is 174 g/mol. The molecule has 2 aromatic rings. The Kier molecular flexibility index (Phi) is 1.84. The van der Waals surface area contributed by atoms with E-state index in [4.69, 9.17) is 0 Å². The molecule has 0 aromatic carbocycles. The molecule has 0 amide bonds. The number of H-pyrrole nitrogens is 1. The SMILES string of the molecule is O=Cc1nnccc1-c1ncc[nH]1. The Morgan fingerprint density at radius 2 is 2.31 bits per heavy atom. The van der Waals surface area contributed by atoms with Crippen LogP contribution >= 0.6 is 0 Å². The summed E-state index contributed by atoms with van der Waals surface area (Å²) in [5, 5.41) is 7.28. The fourth-order valence-corrected chi connectivity index (χ4v) is 1.04. The first-order chi connectivity index (χ1) is 6.42. The van der Waals surface area contributed by atoms with Gasteiger partial charge < -0.3 is 4.98 Å². The Balaban J connectivity index is 2.57. The largest absolute Gasteiger partial charge is 0.345 e. The number of aromatic nitrogens is 4. The third-order valence-electron chi connectivity index (χ3n) is 1.61. The quantitative estimate of drug-likeness (QED) is 0.679. The number of aromatic amines is 1. The molecule has 0 bridgehead atoms. The smallest absolute Gasteiger partial charge is 0.171 e. The lowest BCUT2D eigenvalue weighted by Crippen LogP contribution is -1.94. The number of carbonyl (C=O) groups is 1. The second-order valence-electron chi connectivity index (χ2n) is 2.39. The summed E-state index contributed by atoms with van der Waals surface area (Å²) in [6.45, 7) is 0. The van der Waals surface area contributed by atoms with Crippen molar-refractivity contribution in [2.75, 3.05) is 0 Å². The molecule has 0 fully saturated rings. The maximum Gasteiger partial charge on any atom is 0.171 e. The zero-order valence-corrected chi connectivity index (χ0v) is 6.64. The first kappa shape index (κ1) is 7.60. The minimum Gasteiger partial charge on any atom is -0.345 e. The van der Waals surface area contributed by atoms with E-state index in [1.165, 1.54) is 6.20 Å². The van der Waals surface area contributed by atoms with Crippen LogP contribution in [0.2, 0.25) is 0 Å². The fraction of sp³-hybridized carbons (Fsp3) is 0. The lowest BCUT2D eigenvalue weighted by atomic mass is 10.2. The molecule has 13 heavy (non-hydrogen) atoms. The molecule has 0 aliphatic rings. The van der Waals surface area contributed by atoms with Gasteiger partial charge >= 0.3 is 0 Å². The number of hydrogen-bond acceptors (Lipinski definition) is 4. The van der Waals surface area contributed by atoms with Crippen molar-refractivity contribution >= 4 is 6.29 Å². The zero-order valence-electron chi connectivity index (χ0n) is 6.64. The van der Waals surface area contributed by atoms with Gasteiger partial charge in [0.25, 0.3) is 0 Å². The van der Waals surface area contributed by atoms with Crippen molar-refractivity contribution in [2.24, 2.45) is 0 Å². The summed E-state index contributed by atoms with van der Waals surface area (Å²) in [7, 11) is 0. The van der Waals surface area contributed by atoms with Crippen LogP contribution in [-0.4, -0.2) is 26.5 Å². The summed E-state index contributed by atoms with van der Waals surface area (Å²) >= 11 is 0. The van der Waals surface area contributed by atoms with Crippen molar-refractivity contribution in [3.05, 3.63) is 30.4 Å². The van der Waals surface area contributed by atoms with E-state index in [1.54, 1.807) is 18.5 Å². The highest BCUT2D eigenvalue weighted by Crippen LogP contribution is 2.14. The molecule has 0 unspecified atom stereocenters. The van der Waals surface area contributed by atoms with E-state index in [0.29, 0.717) is 17.7 Å². The minimum atomic E-state index is 0.289. The number of hydrogen-bond donors (Lipinski definition) is 1. The Morgan fingerprint density at radius 1 is 1.38 bits per heavy atom. The predicted molar refractivity (Wildman–Crippen MR) is 45.0 cm³/mol. The second-order valence-corrected chi connectivity index (χ2v) is 2.39. The second kappa shape index (κ2) is 3.14. The van der Waals surface area contributed by atoms with E-state index in [2.05, 4.69) is 20.2 Å².